The summed E-state index contributed by atoms with van der Waals surface area (Å²) in [5, 5.41) is 46.5. The van der Waals surface area contributed by atoms with Crippen LogP contribution in [0.3, 0.4) is 0 Å². The van der Waals surface area contributed by atoms with E-state index in [1.807, 2.05) is 0 Å². The Kier molecular flexibility index (Phi) is 13.9. The fraction of sp³-hybridized carbons (Fsp3) is 0.400. The summed E-state index contributed by atoms with van der Waals surface area (Å²) < 4.78 is 0. The van der Waals surface area contributed by atoms with Gasteiger partial charge in [-0.25, -0.2) is 14.4 Å². The molecule has 0 bridgehead atoms. The van der Waals surface area contributed by atoms with Gasteiger partial charge in [0.2, 0.25) is 0 Å². The zero-order valence-electron chi connectivity index (χ0n) is 6.56. The van der Waals surface area contributed by atoms with Gasteiger partial charge < -0.3 is 30.6 Å². The normalized spacial score (nSPS) is 12.1. The molecule has 0 fully saturated rings. The molecule has 9 nitrogen and oxygen atoms in total. The van der Waals surface area contributed by atoms with Crippen LogP contribution in [0, 0.1) is 0 Å². The molecule has 10 heteroatoms. The van der Waals surface area contributed by atoms with Gasteiger partial charge in [0.15, 0.2) is 12.2 Å². The van der Waals surface area contributed by atoms with Gasteiger partial charge in [0, 0.05) is 0 Å². The van der Waals surface area contributed by atoms with Crippen LogP contribution in [0.4, 0.5) is 4.79 Å². The number of carboxylic acids is 2. The van der Waals surface area contributed by atoms with Crippen molar-refractivity contribution in [3.8, 4) is 0 Å². The van der Waals surface area contributed by atoms with Crippen LogP contribution in [0.25, 0.3) is 0 Å². The molecule has 0 aromatic carbocycles. The van der Waals surface area contributed by atoms with Gasteiger partial charge in [-0.3, -0.25) is 0 Å². The topological polar surface area (TPSA) is 173 Å². The van der Waals surface area contributed by atoms with E-state index >= 15 is 0 Å². The quantitative estimate of drug-likeness (QED) is 0.295. The molecule has 0 aromatic rings. The molecule has 0 spiro atoms. The first-order valence-corrected chi connectivity index (χ1v) is 2.93. The van der Waals surface area contributed by atoms with E-state index in [-0.39, 0.29) is 51.4 Å². The fourth-order valence-corrected chi connectivity index (χ4v) is 0.270. The van der Waals surface area contributed by atoms with Crippen LogP contribution in [0.2, 0.25) is 0 Å². The van der Waals surface area contributed by atoms with Gasteiger partial charge in [0.25, 0.3) is 0 Å². The van der Waals surface area contributed by atoms with Crippen molar-refractivity contribution in [1.82, 2.24) is 0 Å². The van der Waals surface area contributed by atoms with Crippen LogP contribution in [-0.4, -0.2) is 112 Å². The van der Waals surface area contributed by atoms with Crippen molar-refractivity contribution < 1.29 is 45.0 Å². The minimum atomic E-state index is -2.27. The molecule has 6 N–H and O–H groups in total. The summed E-state index contributed by atoms with van der Waals surface area (Å²) in [6.45, 7) is 0. The monoisotopic (exact) mass is 252 g/mol. The number of carboxylic acid groups (broad SMARTS) is 4. The first-order valence-electron chi connectivity index (χ1n) is 2.93. The van der Waals surface area contributed by atoms with E-state index in [0.717, 1.165) is 0 Å². The maximum absolute atomic E-state index is 9.77. The molecule has 0 saturated carbocycles. The minimum absolute atomic E-state index is 0. The van der Waals surface area contributed by atoms with Crippen molar-refractivity contribution in [1.29, 1.82) is 0 Å². The zero-order chi connectivity index (χ0) is 11.9. The number of aliphatic hydroxyl groups excluding tert-OH is 2. The molecule has 2 unspecified atom stereocenters. The number of rotatable bonds is 3. The van der Waals surface area contributed by atoms with Gasteiger partial charge in [-0.2, -0.15) is 0 Å². The number of aliphatic hydroxyl groups is 2. The van der Waals surface area contributed by atoms with Gasteiger partial charge in [0.1, 0.15) is 0 Å². The van der Waals surface area contributed by atoms with Crippen LogP contribution >= 0.6 is 0 Å². The van der Waals surface area contributed by atoms with E-state index in [1.54, 1.807) is 0 Å². The second-order valence-corrected chi connectivity index (χ2v) is 1.85. The van der Waals surface area contributed by atoms with Crippen molar-refractivity contribution in [2.24, 2.45) is 0 Å². The summed E-state index contributed by atoms with van der Waals surface area (Å²) in [7, 11) is 0. The molecule has 0 amide bonds. The Hall–Kier alpha value is -0.234. The van der Waals surface area contributed by atoms with E-state index < -0.39 is 30.3 Å². The Morgan fingerprint density at radius 3 is 0.933 bits per heavy atom. The predicted octanol–water partition coefficient (Wildman–Crippen LogP) is -2.55. The van der Waals surface area contributed by atoms with E-state index in [9.17, 15) is 9.59 Å². The number of aliphatic carboxylic acids is 2. The summed E-state index contributed by atoms with van der Waals surface area (Å²) in [6.07, 6.45) is -6.37. The first kappa shape index (κ1) is 20.2. The molecule has 0 heterocycles. The van der Waals surface area contributed by atoms with Crippen molar-refractivity contribution in [3.63, 3.8) is 0 Å². The molecule has 0 aromatic heterocycles. The standard InChI is InChI=1S/C4H6O6.CH2O3.K.H/c5-1(3(7)8)2(6)4(9)10;2-1(3)4;;/h1-2,5-6H,(H,7,8)(H,9,10);(H2,2,3,4);;. The summed E-state index contributed by atoms with van der Waals surface area (Å²) >= 11 is 0. The Bertz CT molecular complexity index is 205. The third kappa shape index (κ3) is 13.8. The third-order valence-electron chi connectivity index (χ3n) is 0.805. The molecule has 0 aliphatic rings. The number of hydrogen-bond acceptors (Lipinski definition) is 5. The van der Waals surface area contributed by atoms with Crippen LogP contribution in [0.5, 0.6) is 0 Å². The summed E-state index contributed by atoms with van der Waals surface area (Å²) in [5.41, 5.74) is 0. The second-order valence-electron chi connectivity index (χ2n) is 1.85. The van der Waals surface area contributed by atoms with E-state index in [2.05, 4.69) is 0 Å². The Labute approximate surface area is 125 Å². The first-order chi connectivity index (χ1) is 6.20. The molecule has 2 atom stereocenters. The predicted molar refractivity (Wildman–Crippen MR) is 45.1 cm³/mol. The van der Waals surface area contributed by atoms with Gasteiger partial charge in [-0.1, -0.05) is 0 Å². The Balaban J connectivity index is -0.000000249. The Morgan fingerprint density at radius 2 is 0.867 bits per heavy atom. The van der Waals surface area contributed by atoms with Crippen molar-refractivity contribution in [2.45, 2.75) is 12.2 Å². The molecule has 0 saturated heterocycles. The van der Waals surface area contributed by atoms with Gasteiger partial charge in [-0.05, 0) is 0 Å². The molecule has 84 valence electrons. The van der Waals surface area contributed by atoms with Crippen LogP contribution in [0.1, 0.15) is 0 Å². The van der Waals surface area contributed by atoms with Gasteiger partial charge >= 0.3 is 69.5 Å². The number of carbonyl (C=O) groups is 3. The third-order valence-corrected chi connectivity index (χ3v) is 0.805. The fourth-order valence-electron chi connectivity index (χ4n) is 0.270. The van der Waals surface area contributed by atoms with Gasteiger partial charge in [-0.15, -0.1) is 0 Å². The van der Waals surface area contributed by atoms with E-state index in [1.165, 1.54) is 0 Å². The van der Waals surface area contributed by atoms with Crippen LogP contribution in [0.15, 0.2) is 0 Å². The van der Waals surface area contributed by atoms with Crippen LogP contribution in [-0.2, 0) is 9.59 Å². The van der Waals surface area contributed by atoms with Crippen molar-refractivity contribution in [3.05, 3.63) is 0 Å². The summed E-state index contributed by atoms with van der Waals surface area (Å²) in [6, 6.07) is 0. The van der Waals surface area contributed by atoms with Crippen LogP contribution < -0.4 is 0 Å². The number of hydrogen-bond donors (Lipinski definition) is 6. The Morgan fingerprint density at radius 1 is 0.733 bits per heavy atom. The van der Waals surface area contributed by atoms with Crippen molar-refractivity contribution >= 4 is 69.5 Å². The molecule has 15 heavy (non-hydrogen) atoms. The van der Waals surface area contributed by atoms with E-state index in [0.29, 0.717) is 0 Å². The van der Waals surface area contributed by atoms with E-state index in [4.69, 9.17) is 35.4 Å². The molecular formula is C5H9KO9. The van der Waals surface area contributed by atoms with Gasteiger partial charge in [0.05, 0.1) is 0 Å². The second kappa shape index (κ2) is 10.3. The summed E-state index contributed by atoms with van der Waals surface area (Å²) in [5.74, 6) is -3.54. The average molecular weight is 252 g/mol. The molecule has 0 rings (SSSR count). The summed E-state index contributed by atoms with van der Waals surface area (Å²) in [4.78, 5) is 28.1. The zero-order valence-corrected chi connectivity index (χ0v) is 6.56. The molecule has 0 radical (unpaired) electrons. The van der Waals surface area contributed by atoms with Crippen molar-refractivity contribution in [2.75, 3.05) is 0 Å². The molecule has 0 aliphatic heterocycles. The average Bonchev–Trinajstić information content (AvgIpc) is 2.00. The molecular weight excluding hydrogens is 243 g/mol. The SMILES string of the molecule is O=C(O)C(O)C(O)C(=O)O.O=C(O)O.[KH]. The molecule has 0 aliphatic carbocycles. The maximum atomic E-state index is 9.77.